The summed E-state index contributed by atoms with van der Waals surface area (Å²) in [5.74, 6) is -0.710. The molecule has 0 aromatic heterocycles. The van der Waals surface area contributed by atoms with Gasteiger partial charge in [0, 0.05) is 10.6 Å². The first kappa shape index (κ1) is 27.6. The number of rotatable bonds is 6. The van der Waals surface area contributed by atoms with Gasteiger partial charge in [0.05, 0.1) is 26.1 Å². The zero-order chi connectivity index (χ0) is 24.6. The molecule has 7 heteroatoms. The number of nitrogens with two attached hydrogens (primary N) is 1. The molecule has 32 heavy (non-hydrogen) atoms. The molecular formula is C25H34ClFN2O3. The van der Waals surface area contributed by atoms with Gasteiger partial charge in [-0.3, -0.25) is 9.59 Å². The molecule has 1 atom stereocenters. The summed E-state index contributed by atoms with van der Waals surface area (Å²) in [6.45, 7) is 11.7. The molecule has 1 unspecified atom stereocenters. The van der Waals surface area contributed by atoms with E-state index in [1.165, 1.54) is 7.11 Å². The number of amides is 1. The average molecular weight is 465 g/mol. The van der Waals surface area contributed by atoms with Crippen molar-refractivity contribution in [3.8, 4) is 11.1 Å². The van der Waals surface area contributed by atoms with Crippen LogP contribution in [0, 0.1) is 32.5 Å². The van der Waals surface area contributed by atoms with Gasteiger partial charge in [0.2, 0.25) is 5.91 Å². The Kier molecular flexibility index (Phi) is 10.8. The van der Waals surface area contributed by atoms with Crippen molar-refractivity contribution >= 4 is 23.5 Å². The number of carbonyl (C=O) groups excluding carboxylic acids is 2. The number of esters is 1. The van der Waals surface area contributed by atoms with E-state index >= 15 is 0 Å². The van der Waals surface area contributed by atoms with E-state index in [0.29, 0.717) is 10.6 Å². The maximum Gasteiger partial charge on any atom is 0.307 e. The van der Waals surface area contributed by atoms with Crippen LogP contribution >= 0.6 is 11.6 Å². The van der Waals surface area contributed by atoms with Crippen molar-refractivity contribution < 1.29 is 18.7 Å². The number of hydrogen-bond acceptors (Lipinski definition) is 4. The van der Waals surface area contributed by atoms with Crippen LogP contribution in [0.4, 0.5) is 4.39 Å². The van der Waals surface area contributed by atoms with Crippen molar-refractivity contribution in [1.82, 2.24) is 5.32 Å². The highest BCUT2D eigenvalue weighted by Gasteiger charge is 2.24. The van der Waals surface area contributed by atoms with E-state index in [9.17, 15) is 14.0 Å². The summed E-state index contributed by atoms with van der Waals surface area (Å²) in [5, 5.41) is 3.23. The molecule has 3 N–H and O–H groups in total. The Balaban J connectivity index is 0.00000118. The highest BCUT2D eigenvalue weighted by molar-refractivity contribution is 6.30. The minimum absolute atomic E-state index is 0.205. The molecule has 0 fully saturated rings. The summed E-state index contributed by atoms with van der Waals surface area (Å²) >= 11 is 6.12. The number of aryl methyl sites for hydroxylation is 3. The lowest BCUT2D eigenvalue weighted by molar-refractivity contribution is -0.141. The smallest absolute Gasteiger partial charge is 0.307 e. The lowest BCUT2D eigenvalue weighted by Gasteiger charge is -2.21. The van der Waals surface area contributed by atoms with Gasteiger partial charge in [0.1, 0.15) is 5.82 Å². The maximum absolute atomic E-state index is 15.0. The number of hydrogen-bond donors (Lipinski definition) is 2. The van der Waals surface area contributed by atoms with Gasteiger partial charge in [-0.25, -0.2) is 4.39 Å². The predicted octanol–water partition coefficient (Wildman–Crippen LogP) is 5.41. The molecule has 2 aromatic rings. The van der Waals surface area contributed by atoms with E-state index in [-0.39, 0.29) is 18.5 Å². The monoisotopic (exact) mass is 464 g/mol. The Morgan fingerprint density at radius 2 is 1.59 bits per heavy atom. The molecule has 2 rings (SSSR count). The summed E-state index contributed by atoms with van der Waals surface area (Å²) in [6.07, 6.45) is -0.208. The summed E-state index contributed by atoms with van der Waals surface area (Å²) in [5.41, 5.74) is 9.56. The van der Waals surface area contributed by atoms with Crippen molar-refractivity contribution in [2.45, 2.75) is 54.0 Å². The number of ether oxygens (including phenoxy) is 1. The van der Waals surface area contributed by atoms with E-state index in [0.717, 1.165) is 28.2 Å². The Bertz CT molecular complexity index is 917. The van der Waals surface area contributed by atoms with Gasteiger partial charge >= 0.3 is 5.97 Å². The summed E-state index contributed by atoms with van der Waals surface area (Å²) in [4.78, 5) is 23.7. The fourth-order valence-electron chi connectivity index (χ4n) is 3.30. The second-order valence-corrected chi connectivity index (χ2v) is 8.88. The fourth-order valence-corrected chi connectivity index (χ4v) is 3.63. The van der Waals surface area contributed by atoms with Crippen LogP contribution in [0.2, 0.25) is 5.02 Å². The van der Waals surface area contributed by atoms with Crippen LogP contribution < -0.4 is 11.1 Å². The summed E-state index contributed by atoms with van der Waals surface area (Å²) in [6, 6.07) is 6.17. The van der Waals surface area contributed by atoms with Crippen LogP contribution in [0.3, 0.4) is 0 Å². The first-order chi connectivity index (χ1) is 14.9. The molecule has 2 aromatic carbocycles. The molecule has 0 spiro atoms. The topological polar surface area (TPSA) is 81.4 Å². The molecule has 176 valence electrons. The zero-order valence-electron chi connectivity index (χ0n) is 19.9. The highest BCUT2D eigenvalue weighted by atomic mass is 35.5. The largest absolute Gasteiger partial charge is 0.469 e. The SMILES string of the molecule is CC(C)C.COC(=O)CC(NC(=O)CN)c1cc(-c2c(C)cc(Cl)cc2C)cc(C)c1F. The second kappa shape index (κ2) is 12.6. The normalized spacial score (nSPS) is 11.5. The third-order valence-electron chi connectivity index (χ3n) is 4.56. The van der Waals surface area contributed by atoms with E-state index in [4.69, 9.17) is 22.1 Å². The van der Waals surface area contributed by atoms with E-state index in [1.807, 2.05) is 26.0 Å². The quantitative estimate of drug-likeness (QED) is 0.560. The van der Waals surface area contributed by atoms with E-state index in [1.54, 1.807) is 19.1 Å². The number of methoxy groups -OCH3 is 1. The molecule has 5 nitrogen and oxygen atoms in total. The number of carbonyl (C=O) groups is 2. The molecule has 0 aliphatic carbocycles. The van der Waals surface area contributed by atoms with Crippen molar-refractivity contribution in [2.75, 3.05) is 13.7 Å². The molecule has 0 saturated heterocycles. The van der Waals surface area contributed by atoms with Crippen molar-refractivity contribution in [1.29, 1.82) is 0 Å². The number of nitrogens with one attached hydrogen (secondary N) is 1. The fraction of sp³-hybridized carbons (Fsp3) is 0.440. The zero-order valence-corrected chi connectivity index (χ0v) is 20.7. The Hall–Kier alpha value is -2.44. The average Bonchev–Trinajstić information content (AvgIpc) is 2.68. The van der Waals surface area contributed by atoms with Crippen molar-refractivity contribution in [3.05, 3.63) is 57.4 Å². The summed E-state index contributed by atoms with van der Waals surface area (Å²) in [7, 11) is 1.24. The maximum atomic E-state index is 15.0. The van der Waals surface area contributed by atoms with E-state index < -0.39 is 23.7 Å². The van der Waals surface area contributed by atoms with Gasteiger partial charge < -0.3 is 15.8 Å². The van der Waals surface area contributed by atoms with Crippen LogP contribution in [0.5, 0.6) is 0 Å². The van der Waals surface area contributed by atoms with Gasteiger partial charge in [-0.1, -0.05) is 32.4 Å². The first-order valence-corrected chi connectivity index (χ1v) is 10.9. The lowest BCUT2D eigenvalue weighted by atomic mass is 9.90. The molecular weight excluding hydrogens is 431 g/mol. The van der Waals surface area contributed by atoms with Crippen molar-refractivity contribution in [2.24, 2.45) is 11.7 Å². The molecule has 0 heterocycles. The van der Waals surface area contributed by atoms with Gasteiger partial charge in [0.25, 0.3) is 0 Å². The third-order valence-corrected chi connectivity index (χ3v) is 4.78. The Labute approximate surface area is 195 Å². The van der Waals surface area contributed by atoms with Crippen molar-refractivity contribution in [3.63, 3.8) is 0 Å². The third kappa shape index (κ3) is 7.92. The molecule has 1 amide bonds. The van der Waals surface area contributed by atoms with Gasteiger partial charge in [-0.15, -0.1) is 0 Å². The molecule has 0 radical (unpaired) electrons. The first-order valence-electron chi connectivity index (χ1n) is 10.5. The minimum atomic E-state index is -0.893. The predicted molar refractivity (Wildman–Crippen MR) is 128 cm³/mol. The molecule has 0 aliphatic rings. The number of halogens is 2. The molecule has 0 aliphatic heterocycles. The lowest BCUT2D eigenvalue weighted by Crippen LogP contribution is -2.35. The van der Waals surface area contributed by atoms with Crippen LogP contribution in [0.15, 0.2) is 24.3 Å². The molecule has 0 saturated carbocycles. The van der Waals surface area contributed by atoms with Crippen LogP contribution in [-0.2, 0) is 14.3 Å². The number of benzene rings is 2. The Morgan fingerprint density at radius 1 is 1.06 bits per heavy atom. The summed E-state index contributed by atoms with van der Waals surface area (Å²) < 4.78 is 19.7. The minimum Gasteiger partial charge on any atom is -0.469 e. The Morgan fingerprint density at radius 3 is 2.06 bits per heavy atom. The van der Waals surface area contributed by atoms with E-state index in [2.05, 4.69) is 26.1 Å². The highest BCUT2D eigenvalue weighted by Crippen LogP contribution is 2.34. The van der Waals surface area contributed by atoms with Crippen LogP contribution in [0.1, 0.15) is 55.5 Å². The van der Waals surface area contributed by atoms with Gasteiger partial charge in [0.15, 0.2) is 0 Å². The van der Waals surface area contributed by atoms with Crippen LogP contribution in [-0.4, -0.2) is 25.5 Å². The van der Waals surface area contributed by atoms with Gasteiger partial charge in [-0.2, -0.15) is 0 Å². The van der Waals surface area contributed by atoms with Crippen LogP contribution in [0.25, 0.3) is 11.1 Å². The van der Waals surface area contributed by atoms with Gasteiger partial charge in [-0.05, 0) is 78.8 Å². The standard InChI is InChI=1S/C21H24ClFN2O3.C4H10/c1-11-6-15(22)7-12(2)20(11)14-5-13(3)21(23)16(8-14)17(9-19(27)28-4)25-18(26)10-24;1-4(2)3/h5-8,17H,9-10,24H2,1-4H3,(H,25,26);4H,1-3H3. The molecule has 0 bridgehead atoms. The second-order valence-electron chi connectivity index (χ2n) is 8.45.